The quantitative estimate of drug-likeness (QED) is 0.359. The maximum Gasteiger partial charge on any atom is 0.183 e. The van der Waals surface area contributed by atoms with Crippen LogP contribution in [0.25, 0.3) is 11.1 Å². The van der Waals surface area contributed by atoms with Crippen LogP contribution in [0.1, 0.15) is 22.1 Å². The fourth-order valence-corrected chi connectivity index (χ4v) is 4.42. The minimum atomic E-state index is -1.61. The van der Waals surface area contributed by atoms with Crippen molar-refractivity contribution in [3.05, 3.63) is 57.1 Å². The van der Waals surface area contributed by atoms with Crippen molar-refractivity contribution in [1.82, 2.24) is 0 Å². The highest BCUT2D eigenvalue weighted by Crippen LogP contribution is 2.44. The first-order valence-electron chi connectivity index (χ1n) is 7.64. The van der Waals surface area contributed by atoms with Crippen LogP contribution >= 0.6 is 34.8 Å². The summed E-state index contributed by atoms with van der Waals surface area (Å²) in [4.78, 5) is 0. The van der Waals surface area contributed by atoms with E-state index in [4.69, 9.17) is 39.2 Å². The molecule has 0 aliphatic heterocycles. The van der Waals surface area contributed by atoms with E-state index in [1.165, 1.54) is 22.3 Å². The summed E-state index contributed by atoms with van der Waals surface area (Å²) in [6.07, 6.45) is 0.845. The van der Waals surface area contributed by atoms with Crippen molar-refractivity contribution in [3.8, 4) is 11.1 Å². The Kier molecular flexibility index (Phi) is 4.83. The van der Waals surface area contributed by atoms with Crippen molar-refractivity contribution in [2.24, 2.45) is 0 Å². The van der Waals surface area contributed by atoms with Gasteiger partial charge in [0.05, 0.1) is 12.0 Å². The molecule has 1 unspecified atom stereocenters. The summed E-state index contributed by atoms with van der Waals surface area (Å²) in [5.41, 5.74) is 5.89. The van der Waals surface area contributed by atoms with Crippen molar-refractivity contribution in [1.29, 1.82) is 0 Å². The van der Waals surface area contributed by atoms with Gasteiger partial charge in [-0.25, -0.2) is 0 Å². The number of alkyl halides is 1. The summed E-state index contributed by atoms with van der Waals surface area (Å²) in [6, 6.07) is 10.0. The lowest BCUT2D eigenvalue weighted by atomic mass is 9.97. The summed E-state index contributed by atoms with van der Waals surface area (Å²) < 4.78 is 6.00. The minimum absolute atomic E-state index is 0.212. The van der Waals surface area contributed by atoms with Crippen molar-refractivity contribution < 1.29 is 4.43 Å². The lowest BCUT2D eigenvalue weighted by molar-refractivity contribution is 0.310. The van der Waals surface area contributed by atoms with Crippen LogP contribution in [0.2, 0.25) is 29.7 Å². The summed E-state index contributed by atoms with van der Waals surface area (Å²) in [7, 11) is -1.61. The first-order valence-corrected chi connectivity index (χ1v) is 12.2. The Bertz CT molecular complexity index is 753. The molecule has 0 heterocycles. The Balaban J connectivity index is 2.01. The van der Waals surface area contributed by atoms with E-state index in [0.29, 0.717) is 6.61 Å². The van der Waals surface area contributed by atoms with Gasteiger partial charge < -0.3 is 4.43 Å². The molecule has 3 rings (SSSR count). The van der Waals surface area contributed by atoms with E-state index in [9.17, 15) is 0 Å². The molecule has 0 radical (unpaired) electrons. The molecule has 0 fully saturated rings. The van der Waals surface area contributed by atoms with E-state index >= 15 is 0 Å². The molecule has 0 saturated carbocycles. The summed E-state index contributed by atoms with van der Waals surface area (Å²) >= 11 is 19.1. The molecule has 23 heavy (non-hydrogen) atoms. The highest BCUT2D eigenvalue weighted by atomic mass is 35.5. The third kappa shape index (κ3) is 3.78. The van der Waals surface area contributed by atoms with E-state index in [-0.39, 0.29) is 5.38 Å². The highest BCUT2D eigenvalue weighted by molar-refractivity contribution is 6.69. The molecular formula is C18H19Cl3OSi. The number of fused-ring (bicyclic) bond motifs is 3. The van der Waals surface area contributed by atoms with Crippen molar-refractivity contribution in [3.63, 3.8) is 0 Å². The summed E-state index contributed by atoms with van der Waals surface area (Å²) in [6.45, 7) is 7.00. The first-order chi connectivity index (χ1) is 10.7. The van der Waals surface area contributed by atoms with Crippen LogP contribution in [0, 0.1) is 0 Å². The second kappa shape index (κ2) is 6.42. The first kappa shape index (κ1) is 17.3. The van der Waals surface area contributed by atoms with Crippen LogP contribution in [-0.2, 0) is 10.8 Å². The van der Waals surface area contributed by atoms with Gasteiger partial charge in [0, 0.05) is 10.0 Å². The van der Waals surface area contributed by atoms with Crippen LogP contribution in [0.15, 0.2) is 30.3 Å². The Hall–Kier alpha value is -0.513. The fraction of sp³-hybridized carbons (Fsp3) is 0.333. The molecule has 2 aromatic rings. The van der Waals surface area contributed by atoms with Crippen molar-refractivity contribution in [2.75, 3.05) is 6.61 Å². The second-order valence-electron chi connectivity index (χ2n) is 6.90. The summed E-state index contributed by atoms with van der Waals surface area (Å²) in [5, 5.41) is 1.26. The molecule has 1 aliphatic rings. The van der Waals surface area contributed by atoms with E-state index < -0.39 is 8.32 Å². The molecule has 0 saturated heterocycles. The van der Waals surface area contributed by atoms with Crippen LogP contribution in [-0.4, -0.2) is 14.9 Å². The van der Waals surface area contributed by atoms with Crippen molar-refractivity contribution >= 4 is 43.1 Å². The Labute approximate surface area is 153 Å². The number of hydrogen-bond donors (Lipinski definition) is 0. The topological polar surface area (TPSA) is 9.23 Å². The molecule has 0 aromatic heterocycles. The van der Waals surface area contributed by atoms with E-state index in [2.05, 4.69) is 25.7 Å². The van der Waals surface area contributed by atoms with Gasteiger partial charge in [-0.3, -0.25) is 0 Å². The number of hydrogen-bond acceptors (Lipinski definition) is 1. The van der Waals surface area contributed by atoms with Crippen LogP contribution < -0.4 is 0 Å². The Morgan fingerprint density at radius 3 is 2.43 bits per heavy atom. The molecule has 0 spiro atoms. The van der Waals surface area contributed by atoms with Gasteiger partial charge in [0.15, 0.2) is 8.32 Å². The second-order valence-corrected chi connectivity index (χ2v) is 12.8. The average molecular weight is 386 g/mol. The molecule has 0 bridgehead atoms. The van der Waals surface area contributed by atoms with Gasteiger partial charge in [-0.05, 0) is 78.1 Å². The Morgan fingerprint density at radius 1 is 1.04 bits per heavy atom. The molecule has 1 nitrogen and oxygen atoms in total. The molecule has 1 atom stereocenters. The third-order valence-electron chi connectivity index (χ3n) is 3.93. The van der Waals surface area contributed by atoms with Gasteiger partial charge in [0.25, 0.3) is 0 Å². The molecule has 5 heteroatoms. The SMILES string of the molecule is C[Si](C)(C)OCC(Cl)c1cc(Cl)cc2c1-c1ccc(Cl)cc1C2. The normalized spacial score (nSPS) is 14.5. The van der Waals surface area contributed by atoms with E-state index in [1.54, 1.807) is 0 Å². The molecule has 0 amide bonds. The standard InChI is InChI=1S/C18H19Cl3OSi/c1-23(2,3)22-10-17(21)16-9-14(20)8-12-6-11-7-13(19)4-5-15(11)18(12)16/h4-5,7-9,17H,6,10H2,1-3H3. The molecule has 122 valence electrons. The van der Waals surface area contributed by atoms with Crippen LogP contribution in [0.5, 0.6) is 0 Å². The molecule has 0 N–H and O–H groups in total. The highest BCUT2D eigenvalue weighted by Gasteiger charge is 2.26. The number of benzene rings is 2. The largest absolute Gasteiger partial charge is 0.416 e. The smallest absolute Gasteiger partial charge is 0.183 e. The predicted molar refractivity (Wildman–Crippen MR) is 103 cm³/mol. The fourth-order valence-electron chi connectivity index (χ4n) is 2.97. The van der Waals surface area contributed by atoms with Gasteiger partial charge in [0.2, 0.25) is 0 Å². The lowest BCUT2D eigenvalue weighted by Gasteiger charge is -2.22. The van der Waals surface area contributed by atoms with Gasteiger partial charge in [-0.15, -0.1) is 11.6 Å². The van der Waals surface area contributed by atoms with E-state index in [0.717, 1.165) is 22.0 Å². The number of rotatable bonds is 4. The number of halogens is 3. The van der Waals surface area contributed by atoms with Gasteiger partial charge in [-0.1, -0.05) is 29.3 Å². The molecular weight excluding hydrogens is 367 g/mol. The predicted octanol–water partition coefficient (Wildman–Crippen LogP) is 6.70. The lowest BCUT2D eigenvalue weighted by Crippen LogP contribution is -2.27. The van der Waals surface area contributed by atoms with E-state index in [1.807, 2.05) is 24.3 Å². The minimum Gasteiger partial charge on any atom is -0.416 e. The maximum absolute atomic E-state index is 6.68. The zero-order valence-electron chi connectivity index (χ0n) is 13.4. The van der Waals surface area contributed by atoms with Gasteiger partial charge >= 0.3 is 0 Å². The maximum atomic E-state index is 6.68. The summed E-state index contributed by atoms with van der Waals surface area (Å²) in [5.74, 6) is 0. The monoisotopic (exact) mass is 384 g/mol. The molecule has 1 aliphatic carbocycles. The average Bonchev–Trinajstić information content (AvgIpc) is 2.79. The zero-order chi connectivity index (χ0) is 16.8. The van der Waals surface area contributed by atoms with Crippen LogP contribution in [0.3, 0.4) is 0 Å². The zero-order valence-corrected chi connectivity index (χ0v) is 16.7. The Morgan fingerprint density at radius 2 is 1.74 bits per heavy atom. The van der Waals surface area contributed by atoms with Gasteiger partial charge in [-0.2, -0.15) is 0 Å². The van der Waals surface area contributed by atoms with Gasteiger partial charge in [0.1, 0.15) is 0 Å². The third-order valence-corrected chi connectivity index (χ3v) is 5.78. The van der Waals surface area contributed by atoms with Crippen molar-refractivity contribution in [2.45, 2.75) is 31.4 Å². The molecule has 2 aromatic carbocycles. The van der Waals surface area contributed by atoms with Crippen LogP contribution in [0.4, 0.5) is 0 Å².